The number of hydrogen-bond donors (Lipinski definition) is 0. The molecule has 0 amide bonds. The van der Waals surface area contributed by atoms with Gasteiger partial charge in [-0.1, -0.05) is 198 Å². The molecule has 0 radical (unpaired) electrons. The van der Waals surface area contributed by atoms with E-state index < -0.39 is 6.10 Å². The fourth-order valence-corrected chi connectivity index (χ4v) is 5.80. The molecule has 0 aliphatic rings. The van der Waals surface area contributed by atoms with Gasteiger partial charge in [-0.15, -0.1) is 0 Å². The van der Waals surface area contributed by atoms with Crippen LogP contribution < -0.4 is 0 Å². The fourth-order valence-electron chi connectivity index (χ4n) is 5.80. The molecule has 0 fully saturated rings. The molecule has 0 heterocycles. The maximum Gasteiger partial charge on any atom is 0.306 e. The molecule has 0 saturated carbocycles. The summed E-state index contributed by atoms with van der Waals surface area (Å²) in [6, 6.07) is 0. The zero-order valence-corrected chi connectivity index (χ0v) is 40.2. The summed E-state index contributed by atoms with van der Waals surface area (Å²) < 4.78 is 16.7. The molecular formula is C58H86O6. The first-order valence-electron chi connectivity index (χ1n) is 24.6. The molecule has 64 heavy (non-hydrogen) atoms. The molecule has 0 saturated heterocycles. The van der Waals surface area contributed by atoms with Gasteiger partial charge < -0.3 is 14.2 Å². The Morgan fingerprint density at radius 3 is 1.12 bits per heavy atom. The highest BCUT2D eigenvalue weighted by molar-refractivity contribution is 5.71. The van der Waals surface area contributed by atoms with Gasteiger partial charge in [0, 0.05) is 19.3 Å². The third-order valence-electron chi connectivity index (χ3n) is 9.39. The Morgan fingerprint density at radius 1 is 0.328 bits per heavy atom. The smallest absolute Gasteiger partial charge is 0.306 e. The minimum Gasteiger partial charge on any atom is -0.462 e. The van der Waals surface area contributed by atoms with Crippen molar-refractivity contribution < 1.29 is 28.6 Å². The van der Waals surface area contributed by atoms with Crippen molar-refractivity contribution in [3.8, 4) is 0 Å². The third kappa shape index (κ3) is 48.1. The van der Waals surface area contributed by atoms with Crippen molar-refractivity contribution >= 4 is 17.9 Å². The van der Waals surface area contributed by atoms with Crippen molar-refractivity contribution in [2.24, 2.45) is 0 Å². The molecule has 0 aromatic carbocycles. The van der Waals surface area contributed by atoms with Gasteiger partial charge in [-0.25, -0.2) is 0 Å². The van der Waals surface area contributed by atoms with E-state index in [1.54, 1.807) is 0 Å². The number of allylic oxidation sites excluding steroid dienone is 26. The number of hydrogen-bond acceptors (Lipinski definition) is 6. The Labute approximate surface area is 390 Å². The quantitative estimate of drug-likeness (QED) is 0.0200. The first-order chi connectivity index (χ1) is 31.5. The summed E-state index contributed by atoms with van der Waals surface area (Å²) in [6.45, 7) is 6.12. The van der Waals surface area contributed by atoms with E-state index in [4.69, 9.17) is 14.2 Å². The molecule has 1 unspecified atom stereocenters. The molecule has 0 N–H and O–H groups in total. The molecular weight excluding hydrogens is 793 g/mol. The van der Waals surface area contributed by atoms with Crippen LogP contribution in [0.25, 0.3) is 0 Å². The lowest BCUT2D eigenvalue weighted by molar-refractivity contribution is -0.167. The lowest BCUT2D eigenvalue weighted by Crippen LogP contribution is -2.30. The van der Waals surface area contributed by atoms with Gasteiger partial charge in [0.1, 0.15) is 13.2 Å². The summed E-state index contributed by atoms with van der Waals surface area (Å²) in [4.78, 5) is 37.9. The van der Waals surface area contributed by atoms with Gasteiger partial charge in [0.25, 0.3) is 0 Å². The lowest BCUT2D eigenvalue weighted by Gasteiger charge is -2.18. The van der Waals surface area contributed by atoms with E-state index in [1.807, 2.05) is 48.6 Å². The van der Waals surface area contributed by atoms with Crippen LogP contribution in [0.5, 0.6) is 0 Å². The van der Waals surface area contributed by atoms with Gasteiger partial charge in [0.15, 0.2) is 6.10 Å². The van der Waals surface area contributed by atoms with E-state index in [-0.39, 0.29) is 44.0 Å². The molecule has 6 heteroatoms. The van der Waals surface area contributed by atoms with Crippen LogP contribution in [0.4, 0.5) is 0 Å². The van der Waals surface area contributed by atoms with E-state index in [9.17, 15) is 14.4 Å². The van der Waals surface area contributed by atoms with Crippen LogP contribution >= 0.6 is 0 Å². The second kappa shape index (κ2) is 50.7. The highest BCUT2D eigenvalue weighted by Crippen LogP contribution is 2.11. The second-order valence-corrected chi connectivity index (χ2v) is 15.3. The molecule has 0 aliphatic carbocycles. The zero-order chi connectivity index (χ0) is 46.5. The van der Waals surface area contributed by atoms with Crippen LogP contribution in [0.1, 0.15) is 168 Å². The Hall–Kier alpha value is -4.97. The van der Waals surface area contributed by atoms with E-state index in [1.165, 1.54) is 0 Å². The van der Waals surface area contributed by atoms with Crippen LogP contribution in [0, 0.1) is 0 Å². The van der Waals surface area contributed by atoms with Crippen LogP contribution in [0.15, 0.2) is 158 Å². The highest BCUT2D eigenvalue weighted by Gasteiger charge is 2.19. The summed E-state index contributed by atoms with van der Waals surface area (Å²) >= 11 is 0. The first-order valence-corrected chi connectivity index (χ1v) is 24.6. The highest BCUT2D eigenvalue weighted by atomic mass is 16.6. The van der Waals surface area contributed by atoms with Crippen molar-refractivity contribution in [1.82, 2.24) is 0 Å². The molecule has 6 nitrogen and oxygen atoms in total. The van der Waals surface area contributed by atoms with Crippen LogP contribution in [0.2, 0.25) is 0 Å². The summed E-state index contributed by atoms with van der Waals surface area (Å²) in [5.41, 5.74) is 0. The maximum absolute atomic E-state index is 12.8. The topological polar surface area (TPSA) is 78.9 Å². The Morgan fingerprint density at radius 2 is 0.656 bits per heavy atom. The molecule has 0 aliphatic heterocycles. The molecule has 0 aromatic rings. The Bertz CT molecular complexity index is 1520. The van der Waals surface area contributed by atoms with Crippen molar-refractivity contribution in [2.45, 2.75) is 175 Å². The van der Waals surface area contributed by atoms with Gasteiger partial charge in [0.2, 0.25) is 0 Å². The molecule has 0 rings (SSSR count). The molecule has 354 valence electrons. The van der Waals surface area contributed by atoms with Crippen molar-refractivity contribution in [3.05, 3.63) is 158 Å². The number of carbonyl (C=O) groups excluding carboxylic acids is 3. The molecule has 0 aromatic heterocycles. The standard InChI is InChI=1S/C58H86O6/c1-4-7-10-13-16-19-22-25-28-29-31-33-36-39-42-45-48-51-57(60)63-54-55(53-62-56(59)50-47-44-41-38-35-32-27-24-21-18-15-12-9-6-3)64-58(61)52-49-46-43-40-37-34-30-26-23-20-17-14-11-8-5-2/h7-12,14,16-21,23,25-28,30-34,37,39,42,55H,4-6,13,15,22,24,29,35-36,38,40-41,43-54H2,1-3H3/b10-7-,11-8-,12-9-,17-14-,19-16-,21-18-,23-20-,28-25-,30-26-,32-27-,33-31-,37-34-,42-39-. The number of esters is 3. The summed E-state index contributed by atoms with van der Waals surface area (Å²) in [5.74, 6) is -1.07. The molecule has 0 spiro atoms. The average molecular weight is 879 g/mol. The van der Waals surface area contributed by atoms with Gasteiger partial charge in [-0.05, 0) is 109 Å². The van der Waals surface area contributed by atoms with Gasteiger partial charge in [-0.3, -0.25) is 14.4 Å². The van der Waals surface area contributed by atoms with E-state index in [0.717, 1.165) is 116 Å². The third-order valence-corrected chi connectivity index (χ3v) is 9.39. The molecule has 1 atom stereocenters. The Balaban J connectivity index is 4.64. The minimum atomic E-state index is -0.840. The van der Waals surface area contributed by atoms with Gasteiger partial charge in [0.05, 0.1) is 0 Å². The monoisotopic (exact) mass is 879 g/mol. The lowest BCUT2D eigenvalue weighted by atomic mass is 10.1. The largest absolute Gasteiger partial charge is 0.462 e. The van der Waals surface area contributed by atoms with E-state index in [0.29, 0.717) is 19.3 Å². The van der Waals surface area contributed by atoms with E-state index >= 15 is 0 Å². The number of carbonyl (C=O) groups is 3. The minimum absolute atomic E-state index is 0.133. The molecule has 0 bridgehead atoms. The van der Waals surface area contributed by atoms with Crippen LogP contribution in [-0.4, -0.2) is 37.2 Å². The van der Waals surface area contributed by atoms with Crippen molar-refractivity contribution in [3.63, 3.8) is 0 Å². The number of ether oxygens (including phenoxy) is 3. The summed E-state index contributed by atoms with van der Waals surface area (Å²) in [5, 5.41) is 0. The number of unbranched alkanes of at least 4 members (excludes halogenated alkanes) is 8. The maximum atomic E-state index is 12.8. The fraction of sp³-hybridized carbons (Fsp3) is 0.500. The first kappa shape index (κ1) is 59.0. The zero-order valence-electron chi connectivity index (χ0n) is 40.2. The second-order valence-electron chi connectivity index (χ2n) is 15.3. The summed E-state index contributed by atoms with van der Waals surface area (Å²) in [7, 11) is 0. The van der Waals surface area contributed by atoms with Crippen molar-refractivity contribution in [1.29, 1.82) is 0 Å². The average Bonchev–Trinajstić information content (AvgIpc) is 3.29. The van der Waals surface area contributed by atoms with Crippen LogP contribution in [-0.2, 0) is 28.6 Å². The predicted octanol–water partition coefficient (Wildman–Crippen LogP) is 16.2. The Kier molecular flexibility index (Phi) is 46.7. The predicted molar refractivity (Wildman–Crippen MR) is 274 cm³/mol. The van der Waals surface area contributed by atoms with E-state index in [2.05, 4.69) is 130 Å². The van der Waals surface area contributed by atoms with Gasteiger partial charge >= 0.3 is 17.9 Å². The number of rotatable bonds is 41. The van der Waals surface area contributed by atoms with Crippen molar-refractivity contribution in [2.75, 3.05) is 13.2 Å². The summed E-state index contributed by atoms with van der Waals surface area (Å²) in [6.07, 6.45) is 73.7. The van der Waals surface area contributed by atoms with Gasteiger partial charge in [-0.2, -0.15) is 0 Å². The van der Waals surface area contributed by atoms with Crippen LogP contribution in [0.3, 0.4) is 0 Å². The normalized spacial score (nSPS) is 13.5. The SMILES string of the molecule is CC\C=C/C=C\C=C/C=C\C=C/CCCCCC(=O)OC(COC(=O)CCC/C=C\C/C=C\C/C=C\C/C=C\C/C=C\CC)COC(=O)CCCCCC/C=C\C/C=C\C/C=C\CC.